The Kier molecular flexibility index (Phi) is 5.31. The van der Waals surface area contributed by atoms with Crippen LogP contribution in [0.3, 0.4) is 0 Å². The van der Waals surface area contributed by atoms with Gasteiger partial charge in [0.2, 0.25) is 5.91 Å². The fourth-order valence-corrected chi connectivity index (χ4v) is 1.79. The van der Waals surface area contributed by atoms with Gasteiger partial charge >= 0.3 is 0 Å². The van der Waals surface area contributed by atoms with Crippen molar-refractivity contribution in [3.8, 4) is 0 Å². The lowest BCUT2D eigenvalue weighted by Crippen LogP contribution is -2.35. The van der Waals surface area contributed by atoms with Crippen LogP contribution in [-0.4, -0.2) is 31.7 Å². The summed E-state index contributed by atoms with van der Waals surface area (Å²) in [6.07, 6.45) is 1.91. The van der Waals surface area contributed by atoms with Crippen molar-refractivity contribution in [2.45, 2.75) is 4.90 Å². The molecule has 0 unspecified atom stereocenters. The number of benzene rings is 1. The molecule has 0 aliphatic carbocycles. The van der Waals surface area contributed by atoms with Gasteiger partial charge in [-0.05, 0) is 24.5 Å². The summed E-state index contributed by atoms with van der Waals surface area (Å²) in [7, 11) is 1.51. The summed E-state index contributed by atoms with van der Waals surface area (Å²) < 4.78 is 0. The summed E-state index contributed by atoms with van der Waals surface area (Å²) in [5.41, 5.74) is 0.377. The summed E-state index contributed by atoms with van der Waals surface area (Å²) in [5.74, 6) is -0.606. The fourth-order valence-electron chi connectivity index (χ4n) is 1.15. The van der Waals surface area contributed by atoms with Crippen molar-refractivity contribution in [3.05, 3.63) is 28.8 Å². The van der Waals surface area contributed by atoms with Gasteiger partial charge in [0.05, 0.1) is 17.1 Å². The van der Waals surface area contributed by atoms with Gasteiger partial charge in [0.25, 0.3) is 5.91 Å². The van der Waals surface area contributed by atoms with E-state index >= 15 is 0 Å². The van der Waals surface area contributed by atoms with Crippen LogP contribution in [-0.2, 0) is 4.79 Å². The van der Waals surface area contributed by atoms with Gasteiger partial charge in [-0.2, -0.15) is 0 Å². The molecule has 0 atom stereocenters. The molecule has 17 heavy (non-hydrogen) atoms. The molecule has 1 aromatic rings. The molecule has 92 valence electrons. The first kappa shape index (κ1) is 13.9. The molecule has 6 heteroatoms. The van der Waals surface area contributed by atoms with E-state index in [4.69, 9.17) is 11.6 Å². The average molecular weight is 273 g/mol. The number of hydrogen-bond donors (Lipinski definition) is 2. The van der Waals surface area contributed by atoms with Crippen LogP contribution in [0.1, 0.15) is 10.4 Å². The summed E-state index contributed by atoms with van der Waals surface area (Å²) >= 11 is 7.45. The van der Waals surface area contributed by atoms with Gasteiger partial charge in [0.1, 0.15) is 0 Å². The molecular weight excluding hydrogens is 260 g/mol. The van der Waals surface area contributed by atoms with E-state index in [9.17, 15) is 9.59 Å². The lowest BCUT2D eigenvalue weighted by Gasteiger charge is -2.07. The molecule has 0 heterocycles. The molecule has 0 aliphatic heterocycles. The predicted octanol–water partition coefficient (Wildman–Crippen LogP) is 1.54. The first-order valence-electron chi connectivity index (χ1n) is 4.90. The maximum Gasteiger partial charge on any atom is 0.253 e. The fraction of sp³-hybridized carbons (Fsp3) is 0.273. The van der Waals surface area contributed by atoms with Crippen LogP contribution < -0.4 is 10.6 Å². The van der Waals surface area contributed by atoms with Crippen LogP contribution in [0.4, 0.5) is 0 Å². The maximum atomic E-state index is 11.8. The zero-order valence-electron chi connectivity index (χ0n) is 9.54. The van der Waals surface area contributed by atoms with Gasteiger partial charge in [-0.15, -0.1) is 11.8 Å². The Labute approximate surface area is 109 Å². The molecular formula is C11H13ClN2O2S. The van der Waals surface area contributed by atoms with Gasteiger partial charge in [0, 0.05) is 11.9 Å². The molecule has 0 spiro atoms. The minimum atomic E-state index is -0.352. The number of nitrogens with one attached hydrogen (secondary N) is 2. The topological polar surface area (TPSA) is 58.2 Å². The monoisotopic (exact) mass is 272 g/mol. The van der Waals surface area contributed by atoms with E-state index < -0.39 is 0 Å². The molecule has 2 amide bonds. The first-order chi connectivity index (χ1) is 8.08. The predicted molar refractivity (Wildman–Crippen MR) is 69.6 cm³/mol. The van der Waals surface area contributed by atoms with E-state index in [-0.39, 0.29) is 18.4 Å². The van der Waals surface area contributed by atoms with E-state index in [1.54, 1.807) is 12.1 Å². The van der Waals surface area contributed by atoms with Gasteiger partial charge in [-0.25, -0.2) is 0 Å². The quantitative estimate of drug-likeness (QED) is 0.818. The highest BCUT2D eigenvalue weighted by Gasteiger charge is 2.11. The third kappa shape index (κ3) is 3.94. The standard InChI is InChI=1S/C11H13ClN2O2S/c1-13-10(15)6-14-11(16)8-5-7(17-2)3-4-9(8)12/h3-5H,6H2,1-2H3,(H,13,15)(H,14,16). The second kappa shape index (κ2) is 6.51. The molecule has 0 aromatic heterocycles. The molecule has 1 rings (SSSR count). The highest BCUT2D eigenvalue weighted by atomic mass is 35.5. The Morgan fingerprint density at radius 3 is 2.71 bits per heavy atom. The van der Waals surface area contributed by atoms with Gasteiger partial charge < -0.3 is 10.6 Å². The number of halogens is 1. The van der Waals surface area contributed by atoms with E-state index in [1.165, 1.54) is 18.8 Å². The second-order valence-electron chi connectivity index (χ2n) is 3.20. The Hall–Kier alpha value is -1.20. The van der Waals surface area contributed by atoms with Crippen LogP contribution >= 0.6 is 23.4 Å². The van der Waals surface area contributed by atoms with Crippen molar-refractivity contribution < 1.29 is 9.59 Å². The number of rotatable bonds is 4. The van der Waals surface area contributed by atoms with Crippen molar-refractivity contribution in [3.63, 3.8) is 0 Å². The van der Waals surface area contributed by atoms with Crippen molar-refractivity contribution >= 4 is 35.2 Å². The van der Waals surface area contributed by atoms with Crippen molar-refractivity contribution in [1.29, 1.82) is 0 Å². The highest BCUT2D eigenvalue weighted by molar-refractivity contribution is 7.98. The minimum Gasteiger partial charge on any atom is -0.358 e. The third-order valence-electron chi connectivity index (χ3n) is 2.11. The number of carbonyl (C=O) groups is 2. The molecule has 0 aliphatic rings. The molecule has 1 aromatic carbocycles. The largest absolute Gasteiger partial charge is 0.358 e. The second-order valence-corrected chi connectivity index (χ2v) is 4.49. The van der Waals surface area contributed by atoms with Gasteiger partial charge in [-0.1, -0.05) is 11.6 Å². The summed E-state index contributed by atoms with van der Waals surface area (Å²) in [5, 5.41) is 5.29. The zero-order valence-corrected chi connectivity index (χ0v) is 11.1. The van der Waals surface area contributed by atoms with Crippen molar-refractivity contribution in [1.82, 2.24) is 10.6 Å². The summed E-state index contributed by atoms with van der Waals surface area (Å²) in [6.45, 7) is -0.0604. The normalized spacial score (nSPS) is 9.82. The lowest BCUT2D eigenvalue weighted by atomic mass is 10.2. The molecule has 0 saturated heterocycles. The molecule has 0 saturated carbocycles. The highest BCUT2D eigenvalue weighted by Crippen LogP contribution is 2.22. The summed E-state index contributed by atoms with van der Waals surface area (Å²) in [6, 6.07) is 5.21. The first-order valence-corrected chi connectivity index (χ1v) is 6.51. The summed E-state index contributed by atoms with van der Waals surface area (Å²) in [4.78, 5) is 23.7. The van der Waals surface area contributed by atoms with Crippen molar-refractivity contribution in [2.24, 2.45) is 0 Å². The van der Waals surface area contributed by atoms with E-state index in [1.807, 2.05) is 12.3 Å². The Bertz CT molecular complexity index is 437. The molecule has 2 N–H and O–H groups in total. The zero-order chi connectivity index (χ0) is 12.8. The van der Waals surface area contributed by atoms with E-state index in [2.05, 4.69) is 10.6 Å². The minimum absolute atomic E-state index is 0.0604. The number of likely N-dealkylation sites (N-methyl/N-ethyl adjacent to an activating group) is 1. The average Bonchev–Trinajstić information content (AvgIpc) is 2.36. The molecule has 4 nitrogen and oxygen atoms in total. The van der Waals surface area contributed by atoms with Gasteiger partial charge in [-0.3, -0.25) is 9.59 Å². The van der Waals surface area contributed by atoms with Crippen LogP contribution in [0.5, 0.6) is 0 Å². The number of carbonyl (C=O) groups excluding carboxylic acids is 2. The molecule has 0 bridgehead atoms. The van der Waals surface area contributed by atoms with Gasteiger partial charge in [0.15, 0.2) is 0 Å². The number of amides is 2. The smallest absolute Gasteiger partial charge is 0.253 e. The third-order valence-corrected chi connectivity index (χ3v) is 3.16. The lowest BCUT2D eigenvalue weighted by molar-refractivity contribution is -0.119. The Balaban J connectivity index is 2.77. The van der Waals surface area contributed by atoms with Crippen LogP contribution in [0.25, 0.3) is 0 Å². The Morgan fingerprint density at radius 2 is 2.12 bits per heavy atom. The SMILES string of the molecule is CNC(=O)CNC(=O)c1cc(SC)ccc1Cl. The van der Waals surface area contributed by atoms with Crippen LogP contribution in [0, 0.1) is 0 Å². The van der Waals surface area contributed by atoms with Crippen molar-refractivity contribution in [2.75, 3.05) is 19.8 Å². The van der Waals surface area contributed by atoms with E-state index in [0.29, 0.717) is 10.6 Å². The van der Waals surface area contributed by atoms with Crippen LogP contribution in [0.15, 0.2) is 23.1 Å². The maximum absolute atomic E-state index is 11.8. The Morgan fingerprint density at radius 1 is 1.41 bits per heavy atom. The van der Waals surface area contributed by atoms with E-state index in [0.717, 1.165) is 4.90 Å². The number of thioether (sulfide) groups is 1. The number of hydrogen-bond acceptors (Lipinski definition) is 3. The molecule has 0 fully saturated rings. The van der Waals surface area contributed by atoms with Crippen LogP contribution in [0.2, 0.25) is 5.02 Å². The molecule has 0 radical (unpaired) electrons.